The van der Waals surface area contributed by atoms with Gasteiger partial charge >= 0.3 is 0 Å². The van der Waals surface area contributed by atoms with Gasteiger partial charge < -0.3 is 14.2 Å². The predicted molar refractivity (Wildman–Crippen MR) is 100 cm³/mol. The highest BCUT2D eigenvalue weighted by molar-refractivity contribution is 5.79. The van der Waals surface area contributed by atoms with Gasteiger partial charge in [-0.25, -0.2) is 4.39 Å². The minimum absolute atomic E-state index is 0.0301. The Balaban J connectivity index is 1.41. The first-order valence-corrected chi connectivity index (χ1v) is 9.17. The zero-order valence-corrected chi connectivity index (χ0v) is 15.5. The maximum Gasteiger partial charge on any atom is 0.261 e. The molecule has 2 heterocycles. The molecule has 2 aromatic carbocycles. The number of rotatable bonds is 5. The molecule has 0 bridgehead atoms. The van der Waals surface area contributed by atoms with E-state index in [4.69, 9.17) is 9.26 Å². The topological polar surface area (TPSA) is 68.5 Å². The number of hydrogen-bond donors (Lipinski definition) is 0. The lowest BCUT2D eigenvalue weighted by Crippen LogP contribution is -2.32. The van der Waals surface area contributed by atoms with E-state index in [-0.39, 0.29) is 24.2 Å². The molecule has 1 aromatic heterocycles. The van der Waals surface area contributed by atoms with E-state index in [1.54, 1.807) is 24.0 Å². The molecule has 6 nitrogen and oxygen atoms in total. The van der Waals surface area contributed by atoms with Crippen LogP contribution in [0.15, 0.2) is 53.1 Å². The third-order valence-corrected chi connectivity index (χ3v) is 4.68. The molecule has 1 aliphatic rings. The summed E-state index contributed by atoms with van der Waals surface area (Å²) in [6, 6.07) is 13.6. The van der Waals surface area contributed by atoms with Crippen LogP contribution in [0.25, 0.3) is 11.5 Å². The highest BCUT2D eigenvalue weighted by Crippen LogP contribution is 2.30. The minimum Gasteiger partial charge on any atom is -0.488 e. The molecular weight excluding hydrogens is 361 g/mol. The van der Waals surface area contributed by atoms with Crippen LogP contribution >= 0.6 is 0 Å². The molecule has 1 fully saturated rings. The summed E-state index contributed by atoms with van der Waals surface area (Å²) in [6.45, 7) is 2.86. The van der Waals surface area contributed by atoms with Gasteiger partial charge in [-0.1, -0.05) is 29.4 Å². The van der Waals surface area contributed by atoms with E-state index in [1.165, 1.54) is 12.1 Å². The summed E-state index contributed by atoms with van der Waals surface area (Å²) in [5.74, 6) is 1.25. The Morgan fingerprint density at radius 2 is 2.14 bits per heavy atom. The molecule has 144 valence electrons. The van der Waals surface area contributed by atoms with Crippen LogP contribution in [0.2, 0.25) is 0 Å². The van der Waals surface area contributed by atoms with Crippen LogP contribution in [0.3, 0.4) is 0 Å². The number of nitrogens with zero attached hydrogens (tertiary/aromatic N) is 3. The highest BCUT2D eigenvalue weighted by atomic mass is 19.1. The summed E-state index contributed by atoms with van der Waals surface area (Å²) in [6.07, 6.45) is 0.788. The van der Waals surface area contributed by atoms with Crippen molar-refractivity contribution in [2.45, 2.75) is 25.9 Å². The first-order valence-electron chi connectivity index (χ1n) is 9.17. The van der Waals surface area contributed by atoms with E-state index in [0.29, 0.717) is 36.1 Å². The Morgan fingerprint density at radius 1 is 1.29 bits per heavy atom. The molecule has 1 saturated heterocycles. The van der Waals surface area contributed by atoms with Gasteiger partial charge in [0.2, 0.25) is 5.91 Å². The Hall–Kier alpha value is -3.22. The first kappa shape index (κ1) is 18.2. The maximum atomic E-state index is 13.3. The van der Waals surface area contributed by atoms with E-state index >= 15 is 0 Å². The van der Waals surface area contributed by atoms with Crippen LogP contribution in [0.1, 0.15) is 17.8 Å². The van der Waals surface area contributed by atoms with Crippen molar-refractivity contribution in [2.24, 2.45) is 0 Å². The average Bonchev–Trinajstić information content (AvgIpc) is 3.31. The molecule has 1 atom stereocenters. The van der Waals surface area contributed by atoms with Gasteiger partial charge in [0.1, 0.15) is 17.7 Å². The van der Waals surface area contributed by atoms with Crippen LogP contribution in [0, 0.1) is 12.7 Å². The van der Waals surface area contributed by atoms with Crippen molar-refractivity contribution in [3.63, 3.8) is 0 Å². The Labute approximate surface area is 161 Å². The molecule has 7 heteroatoms. The Kier molecular flexibility index (Phi) is 5.06. The smallest absolute Gasteiger partial charge is 0.261 e. The van der Waals surface area contributed by atoms with Gasteiger partial charge in [0, 0.05) is 13.0 Å². The van der Waals surface area contributed by atoms with Gasteiger partial charge in [-0.2, -0.15) is 4.98 Å². The predicted octanol–water partition coefficient (Wildman–Crippen LogP) is 3.41. The van der Waals surface area contributed by atoms with E-state index < -0.39 is 0 Å². The number of para-hydroxylation sites is 1. The molecule has 1 unspecified atom stereocenters. The molecule has 1 amide bonds. The van der Waals surface area contributed by atoms with Gasteiger partial charge in [0.15, 0.2) is 5.82 Å². The normalized spacial score (nSPS) is 16.4. The van der Waals surface area contributed by atoms with E-state index in [2.05, 4.69) is 10.1 Å². The van der Waals surface area contributed by atoms with Crippen molar-refractivity contribution in [1.29, 1.82) is 0 Å². The SMILES string of the molecule is Cc1noc(-c2ccccc2OC2CCN(C(=O)Cc3cccc(F)c3)C2)n1. The number of aryl methyl sites for hydroxylation is 1. The zero-order valence-electron chi connectivity index (χ0n) is 15.5. The number of carbonyl (C=O) groups is 1. The molecule has 1 aliphatic heterocycles. The second-order valence-electron chi connectivity index (χ2n) is 6.82. The van der Waals surface area contributed by atoms with E-state index in [9.17, 15) is 9.18 Å². The number of halogens is 1. The summed E-state index contributed by atoms with van der Waals surface area (Å²) in [5.41, 5.74) is 1.40. The highest BCUT2D eigenvalue weighted by Gasteiger charge is 2.28. The van der Waals surface area contributed by atoms with E-state index in [1.807, 2.05) is 24.3 Å². The average molecular weight is 381 g/mol. The lowest BCUT2D eigenvalue weighted by Gasteiger charge is -2.18. The molecule has 3 aromatic rings. The minimum atomic E-state index is -0.333. The van der Waals surface area contributed by atoms with Gasteiger partial charge in [-0.3, -0.25) is 4.79 Å². The lowest BCUT2D eigenvalue weighted by atomic mass is 10.1. The third kappa shape index (κ3) is 4.03. The molecule has 0 radical (unpaired) electrons. The van der Waals surface area contributed by atoms with Crippen molar-refractivity contribution in [3.8, 4) is 17.2 Å². The number of amides is 1. The number of ether oxygens (including phenoxy) is 1. The van der Waals surface area contributed by atoms with Crippen molar-refractivity contribution in [3.05, 3.63) is 65.7 Å². The molecule has 28 heavy (non-hydrogen) atoms. The van der Waals surface area contributed by atoms with Crippen LogP contribution in [0.4, 0.5) is 4.39 Å². The summed E-state index contributed by atoms with van der Waals surface area (Å²) in [5, 5.41) is 3.83. The van der Waals surface area contributed by atoms with Crippen molar-refractivity contribution >= 4 is 5.91 Å². The Morgan fingerprint density at radius 3 is 2.93 bits per heavy atom. The molecule has 0 N–H and O–H groups in total. The van der Waals surface area contributed by atoms with Crippen molar-refractivity contribution in [1.82, 2.24) is 15.0 Å². The zero-order chi connectivity index (χ0) is 19.5. The number of hydrogen-bond acceptors (Lipinski definition) is 5. The standard InChI is InChI=1S/C21H20FN3O3/c1-14-23-21(28-24-14)18-7-2-3-8-19(18)27-17-9-10-25(13-17)20(26)12-15-5-4-6-16(22)11-15/h2-8,11,17H,9-10,12-13H2,1H3. The van der Waals surface area contributed by atoms with Gasteiger partial charge in [0.05, 0.1) is 18.5 Å². The molecule has 4 rings (SSSR count). The van der Waals surface area contributed by atoms with Crippen LogP contribution in [0.5, 0.6) is 5.75 Å². The largest absolute Gasteiger partial charge is 0.488 e. The maximum absolute atomic E-state index is 13.3. The van der Waals surface area contributed by atoms with Crippen molar-refractivity contribution < 1.29 is 18.4 Å². The summed E-state index contributed by atoms with van der Waals surface area (Å²) < 4.78 is 24.7. The monoisotopic (exact) mass is 381 g/mol. The van der Waals surface area contributed by atoms with Crippen LogP contribution in [-0.4, -0.2) is 40.1 Å². The number of likely N-dealkylation sites (tertiary alicyclic amines) is 1. The van der Waals surface area contributed by atoms with Gasteiger partial charge in [0.25, 0.3) is 5.89 Å². The van der Waals surface area contributed by atoms with Crippen molar-refractivity contribution in [2.75, 3.05) is 13.1 Å². The second kappa shape index (κ2) is 7.80. The molecule has 0 spiro atoms. The number of benzene rings is 2. The van der Waals surface area contributed by atoms with Crippen LogP contribution < -0.4 is 4.74 Å². The first-order chi connectivity index (χ1) is 13.6. The fourth-order valence-electron chi connectivity index (χ4n) is 3.32. The molecular formula is C21H20FN3O3. The number of aromatic nitrogens is 2. The van der Waals surface area contributed by atoms with E-state index in [0.717, 1.165) is 12.0 Å². The summed E-state index contributed by atoms with van der Waals surface area (Å²) in [7, 11) is 0. The molecule has 0 aliphatic carbocycles. The number of carbonyl (C=O) groups excluding carboxylic acids is 1. The Bertz CT molecular complexity index is 988. The second-order valence-corrected chi connectivity index (χ2v) is 6.82. The van der Waals surface area contributed by atoms with Crippen LogP contribution in [-0.2, 0) is 11.2 Å². The summed E-state index contributed by atoms with van der Waals surface area (Å²) >= 11 is 0. The third-order valence-electron chi connectivity index (χ3n) is 4.68. The fraction of sp³-hybridized carbons (Fsp3) is 0.286. The fourth-order valence-corrected chi connectivity index (χ4v) is 3.32. The van der Waals surface area contributed by atoms with Gasteiger partial charge in [-0.05, 0) is 36.8 Å². The lowest BCUT2D eigenvalue weighted by molar-refractivity contribution is -0.129. The quantitative estimate of drug-likeness (QED) is 0.678. The summed E-state index contributed by atoms with van der Waals surface area (Å²) in [4.78, 5) is 18.5. The van der Waals surface area contributed by atoms with Gasteiger partial charge in [-0.15, -0.1) is 0 Å². The molecule has 0 saturated carbocycles.